The van der Waals surface area contributed by atoms with Crippen LogP contribution in [0.2, 0.25) is 0 Å². The van der Waals surface area contributed by atoms with E-state index in [0.717, 1.165) is 25.7 Å². The standard InChI is InChI=1S/C38H73ClO2/c1-3-5-7-9-11-13-15-17-19-21-23-25-27-29-31-33-37(40)36(35-39)38(41)34-32-30-28-26-24-22-20-18-16-14-12-10-8-6-4-2/h36H,3-35H2,1-2H3. The van der Waals surface area contributed by atoms with Gasteiger partial charge in [-0.3, -0.25) is 9.59 Å². The Hall–Kier alpha value is -0.370. The van der Waals surface area contributed by atoms with Gasteiger partial charge in [-0.1, -0.05) is 194 Å². The first-order chi connectivity index (χ1) is 20.2. The Kier molecular flexibility index (Phi) is 33.8. The Morgan fingerprint density at radius 2 is 0.561 bits per heavy atom. The predicted molar refractivity (Wildman–Crippen MR) is 183 cm³/mol. The molecule has 0 atom stereocenters. The quantitative estimate of drug-likeness (QED) is 0.0414. The molecular formula is C38H73ClO2. The lowest BCUT2D eigenvalue weighted by Crippen LogP contribution is -2.25. The van der Waals surface area contributed by atoms with E-state index in [1.807, 2.05) is 0 Å². The summed E-state index contributed by atoms with van der Waals surface area (Å²) in [5.41, 5.74) is 0. The van der Waals surface area contributed by atoms with E-state index in [9.17, 15) is 9.59 Å². The Morgan fingerprint density at radius 1 is 0.366 bits per heavy atom. The minimum atomic E-state index is -0.560. The van der Waals surface area contributed by atoms with Crippen molar-refractivity contribution in [2.24, 2.45) is 5.92 Å². The highest BCUT2D eigenvalue weighted by atomic mass is 35.5. The molecule has 0 bridgehead atoms. The number of carbonyl (C=O) groups excluding carboxylic acids is 2. The van der Waals surface area contributed by atoms with Crippen molar-refractivity contribution >= 4 is 23.2 Å². The third-order valence-corrected chi connectivity index (χ3v) is 9.29. The molecule has 41 heavy (non-hydrogen) atoms. The number of Topliss-reactive ketones (excluding diaryl/α,β-unsaturated/α-hetero) is 2. The number of carbonyl (C=O) groups is 2. The van der Waals surface area contributed by atoms with Crippen molar-refractivity contribution < 1.29 is 9.59 Å². The zero-order chi connectivity index (χ0) is 30.1. The molecule has 0 aliphatic heterocycles. The van der Waals surface area contributed by atoms with E-state index in [-0.39, 0.29) is 17.4 Å². The second-order valence-corrected chi connectivity index (χ2v) is 13.3. The summed E-state index contributed by atoms with van der Waals surface area (Å²) in [6.07, 6.45) is 40.7. The van der Waals surface area contributed by atoms with Crippen LogP contribution in [0.3, 0.4) is 0 Å². The summed E-state index contributed by atoms with van der Waals surface area (Å²) >= 11 is 6.06. The average Bonchev–Trinajstić information content (AvgIpc) is 2.97. The third kappa shape index (κ3) is 29.5. The van der Waals surface area contributed by atoms with Crippen molar-refractivity contribution in [3.05, 3.63) is 0 Å². The van der Waals surface area contributed by atoms with Crippen LogP contribution < -0.4 is 0 Å². The smallest absolute Gasteiger partial charge is 0.144 e. The van der Waals surface area contributed by atoms with Gasteiger partial charge in [-0.25, -0.2) is 0 Å². The maximum absolute atomic E-state index is 12.6. The maximum Gasteiger partial charge on any atom is 0.144 e. The monoisotopic (exact) mass is 597 g/mol. The number of ketones is 2. The molecule has 0 aliphatic rings. The molecule has 0 aromatic rings. The second kappa shape index (κ2) is 34.1. The molecule has 244 valence electrons. The first kappa shape index (κ1) is 40.6. The molecule has 0 saturated carbocycles. The van der Waals surface area contributed by atoms with E-state index in [1.165, 1.54) is 167 Å². The molecule has 0 spiro atoms. The van der Waals surface area contributed by atoms with Crippen molar-refractivity contribution in [3.8, 4) is 0 Å². The topological polar surface area (TPSA) is 34.1 Å². The molecule has 0 aromatic carbocycles. The van der Waals surface area contributed by atoms with Crippen LogP contribution in [0.5, 0.6) is 0 Å². The van der Waals surface area contributed by atoms with Crippen LogP contribution in [0.4, 0.5) is 0 Å². The van der Waals surface area contributed by atoms with Gasteiger partial charge in [0, 0.05) is 18.7 Å². The van der Waals surface area contributed by atoms with Gasteiger partial charge >= 0.3 is 0 Å². The van der Waals surface area contributed by atoms with E-state index in [0.29, 0.717) is 12.8 Å². The van der Waals surface area contributed by atoms with E-state index in [1.54, 1.807) is 0 Å². The van der Waals surface area contributed by atoms with Gasteiger partial charge in [-0.05, 0) is 12.8 Å². The molecule has 0 fully saturated rings. The first-order valence-electron chi connectivity index (χ1n) is 18.8. The van der Waals surface area contributed by atoms with E-state index >= 15 is 0 Å². The number of unbranched alkanes of at least 4 members (excludes halogenated alkanes) is 28. The Morgan fingerprint density at radius 3 is 0.756 bits per heavy atom. The molecule has 0 N–H and O–H groups in total. The molecular weight excluding hydrogens is 524 g/mol. The minimum Gasteiger partial charge on any atom is -0.299 e. The highest BCUT2D eigenvalue weighted by molar-refractivity contribution is 6.22. The van der Waals surface area contributed by atoms with Gasteiger partial charge in [-0.15, -0.1) is 11.6 Å². The van der Waals surface area contributed by atoms with Crippen LogP contribution in [-0.4, -0.2) is 17.4 Å². The minimum absolute atomic E-state index is 0.0839. The molecule has 0 saturated heterocycles. The highest BCUT2D eigenvalue weighted by Gasteiger charge is 2.24. The summed E-state index contributed by atoms with van der Waals surface area (Å²) in [4.78, 5) is 25.2. The number of alkyl halides is 1. The summed E-state index contributed by atoms with van der Waals surface area (Å²) < 4.78 is 0. The van der Waals surface area contributed by atoms with Crippen LogP contribution in [0, 0.1) is 5.92 Å². The fourth-order valence-corrected chi connectivity index (χ4v) is 6.39. The molecule has 2 nitrogen and oxygen atoms in total. The SMILES string of the molecule is CCCCCCCCCCCCCCCCCC(=O)C(CCl)C(=O)CCCCCCCCCCCCCCCCC. The van der Waals surface area contributed by atoms with Crippen molar-refractivity contribution in [1.82, 2.24) is 0 Å². The average molecular weight is 597 g/mol. The predicted octanol–water partition coefficient (Wildman–Crippen LogP) is 13.5. The zero-order valence-corrected chi connectivity index (χ0v) is 28.9. The van der Waals surface area contributed by atoms with Gasteiger partial charge in [-0.2, -0.15) is 0 Å². The summed E-state index contributed by atoms with van der Waals surface area (Å²) in [5, 5.41) is 0. The summed E-state index contributed by atoms with van der Waals surface area (Å²) in [5.74, 6) is -0.230. The lowest BCUT2D eigenvalue weighted by molar-refractivity contribution is -0.132. The zero-order valence-electron chi connectivity index (χ0n) is 28.1. The fourth-order valence-electron chi connectivity index (χ4n) is 6.04. The number of halogens is 1. The summed E-state index contributed by atoms with van der Waals surface area (Å²) in [6.45, 7) is 4.56. The number of rotatable bonds is 35. The summed E-state index contributed by atoms with van der Waals surface area (Å²) in [7, 11) is 0. The lowest BCUT2D eigenvalue weighted by Gasteiger charge is -2.12. The molecule has 0 amide bonds. The molecule has 0 heterocycles. The molecule has 0 aromatic heterocycles. The van der Waals surface area contributed by atoms with Crippen LogP contribution in [0.15, 0.2) is 0 Å². The van der Waals surface area contributed by atoms with Crippen molar-refractivity contribution in [2.45, 2.75) is 219 Å². The third-order valence-electron chi connectivity index (χ3n) is 8.99. The number of hydrogen-bond donors (Lipinski definition) is 0. The Labute approximate surface area is 263 Å². The van der Waals surface area contributed by atoms with E-state index in [2.05, 4.69) is 13.8 Å². The van der Waals surface area contributed by atoms with Gasteiger partial charge < -0.3 is 0 Å². The van der Waals surface area contributed by atoms with Gasteiger partial charge in [0.05, 0.1) is 5.92 Å². The first-order valence-corrected chi connectivity index (χ1v) is 19.3. The van der Waals surface area contributed by atoms with Crippen molar-refractivity contribution in [2.75, 3.05) is 5.88 Å². The normalized spacial score (nSPS) is 11.5. The maximum atomic E-state index is 12.6. The molecule has 0 radical (unpaired) electrons. The second-order valence-electron chi connectivity index (χ2n) is 13.0. The highest BCUT2D eigenvalue weighted by Crippen LogP contribution is 2.18. The Bertz CT molecular complexity index is 500. The Balaban J connectivity index is 3.53. The lowest BCUT2D eigenvalue weighted by atomic mass is 9.93. The molecule has 0 unspecified atom stereocenters. The van der Waals surface area contributed by atoms with E-state index in [4.69, 9.17) is 11.6 Å². The fraction of sp³-hybridized carbons (Fsp3) is 0.947. The van der Waals surface area contributed by atoms with Crippen molar-refractivity contribution in [3.63, 3.8) is 0 Å². The van der Waals surface area contributed by atoms with Crippen LogP contribution in [-0.2, 0) is 9.59 Å². The molecule has 0 aliphatic carbocycles. The molecule has 0 rings (SSSR count). The van der Waals surface area contributed by atoms with Gasteiger partial charge in [0.15, 0.2) is 0 Å². The van der Waals surface area contributed by atoms with E-state index < -0.39 is 5.92 Å². The van der Waals surface area contributed by atoms with Crippen LogP contribution in [0.1, 0.15) is 219 Å². The van der Waals surface area contributed by atoms with Gasteiger partial charge in [0.1, 0.15) is 11.6 Å². The number of hydrogen-bond acceptors (Lipinski definition) is 2. The van der Waals surface area contributed by atoms with Crippen LogP contribution in [0.25, 0.3) is 0 Å². The summed E-state index contributed by atoms with van der Waals surface area (Å²) in [6, 6.07) is 0. The van der Waals surface area contributed by atoms with Crippen LogP contribution >= 0.6 is 11.6 Å². The van der Waals surface area contributed by atoms with Gasteiger partial charge in [0.25, 0.3) is 0 Å². The largest absolute Gasteiger partial charge is 0.299 e. The van der Waals surface area contributed by atoms with Crippen molar-refractivity contribution in [1.29, 1.82) is 0 Å². The molecule has 3 heteroatoms. The van der Waals surface area contributed by atoms with Gasteiger partial charge in [0.2, 0.25) is 0 Å².